The molecule has 0 aromatic rings. The van der Waals surface area contributed by atoms with E-state index in [0.29, 0.717) is 5.92 Å². The van der Waals surface area contributed by atoms with E-state index in [1.54, 1.807) is 11.8 Å². The van der Waals surface area contributed by atoms with Crippen molar-refractivity contribution < 1.29 is 0 Å². The van der Waals surface area contributed by atoms with E-state index in [1.165, 1.54) is 0 Å². The third kappa shape index (κ3) is 8.08. The van der Waals surface area contributed by atoms with E-state index >= 15 is 0 Å². The number of rotatable bonds is 8. The maximum Gasteiger partial charge on any atom is 0.0930 e. The molecule has 0 aromatic carbocycles. The average molecular weight is 212 g/mol. The van der Waals surface area contributed by atoms with Gasteiger partial charge in [-0.05, 0) is 11.3 Å². The number of thioether (sulfide) groups is 1. The van der Waals surface area contributed by atoms with Crippen molar-refractivity contribution in [1.29, 1.82) is 0 Å². The van der Waals surface area contributed by atoms with Gasteiger partial charge in [-0.15, -0.1) is 18.3 Å². The Labute approximate surface area is 91.6 Å². The van der Waals surface area contributed by atoms with Crippen LogP contribution in [0.25, 0.3) is 0 Å². The van der Waals surface area contributed by atoms with Gasteiger partial charge in [-0.25, -0.2) is 0 Å². The maximum atomic E-state index is 4.35. The van der Waals surface area contributed by atoms with E-state index in [1.807, 2.05) is 17.7 Å². The minimum atomic E-state index is 0.212. The summed E-state index contributed by atoms with van der Waals surface area (Å²) in [4.78, 5) is 4.35. The van der Waals surface area contributed by atoms with Crippen LogP contribution in [0.5, 0.6) is 0 Å². The molecule has 0 heterocycles. The summed E-state index contributed by atoms with van der Waals surface area (Å²) in [7, 11) is 0. The lowest BCUT2D eigenvalue weighted by Gasteiger charge is -2.09. The van der Waals surface area contributed by atoms with Crippen LogP contribution in [0.3, 0.4) is 0 Å². The zero-order valence-electron chi connectivity index (χ0n) is 9.07. The van der Waals surface area contributed by atoms with E-state index in [-0.39, 0.29) is 5.37 Å². The largest absolute Gasteiger partial charge is 0.297 e. The van der Waals surface area contributed by atoms with Gasteiger partial charge in [-0.2, -0.15) is 0 Å². The summed E-state index contributed by atoms with van der Waals surface area (Å²) in [6.45, 7) is 13.3. The topological polar surface area (TPSA) is 24.4 Å². The first-order chi connectivity index (χ1) is 6.70. The second kappa shape index (κ2) is 9.03. The van der Waals surface area contributed by atoms with Gasteiger partial charge in [0.25, 0.3) is 0 Å². The molecule has 1 atom stereocenters. The van der Waals surface area contributed by atoms with Crippen molar-refractivity contribution in [1.82, 2.24) is 5.32 Å². The molecule has 0 aliphatic carbocycles. The second-order valence-electron chi connectivity index (χ2n) is 3.33. The fourth-order valence-corrected chi connectivity index (χ4v) is 1.36. The molecule has 0 spiro atoms. The summed E-state index contributed by atoms with van der Waals surface area (Å²) in [5, 5.41) is 5.30. The Balaban J connectivity index is 3.86. The molecule has 0 saturated heterocycles. The second-order valence-corrected chi connectivity index (χ2v) is 4.44. The zero-order chi connectivity index (χ0) is 10.8. The summed E-state index contributed by atoms with van der Waals surface area (Å²) >= 11 is 1.62. The fraction of sp³-hybridized carbons (Fsp3) is 0.545. The molecule has 0 aromatic heterocycles. The van der Waals surface area contributed by atoms with Gasteiger partial charge in [0.15, 0.2) is 0 Å². The zero-order valence-corrected chi connectivity index (χ0v) is 9.89. The van der Waals surface area contributed by atoms with E-state index in [4.69, 9.17) is 0 Å². The minimum absolute atomic E-state index is 0.212. The van der Waals surface area contributed by atoms with Crippen molar-refractivity contribution in [3.8, 4) is 0 Å². The van der Waals surface area contributed by atoms with E-state index in [2.05, 4.69) is 37.3 Å². The van der Waals surface area contributed by atoms with Crippen LogP contribution < -0.4 is 5.32 Å². The van der Waals surface area contributed by atoms with E-state index in [0.717, 1.165) is 13.1 Å². The lowest BCUT2D eigenvalue weighted by molar-refractivity contribution is 0.665. The first-order valence-electron chi connectivity index (χ1n) is 4.81. The molecular weight excluding hydrogens is 192 g/mol. The Hall–Kier alpha value is -0.540. The molecule has 0 bridgehead atoms. The fourth-order valence-electron chi connectivity index (χ4n) is 0.807. The predicted octanol–water partition coefficient (Wildman–Crippen LogP) is 2.69. The average Bonchev–Trinajstić information content (AvgIpc) is 2.13. The third-order valence-electron chi connectivity index (χ3n) is 1.42. The van der Waals surface area contributed by atoms with Gasteiger partial charge in [-0.1, -0.05) is 26.5 Å². The van der Waals surface area contributed by atoms with Gasteiger partial charge >= 0.3 is 0 Å². The van der Waals surface area contributed by atoms with Gasteiger partial charge in [0, 0.05) is 19.3 Å². The molecule has 80 valence electrons. The van der Waals surface area contributed by atoms with Gasteiger partial charge in [-0.3, -0.25) is 10.3 Å². The minimum Gasteiger partial charge on any atom is -0.297 e. The van der Waals surface area contributed by atoms with Gasteiger partial charge in [0.2, 0.25) is 0 Å². The Morgan fingerprint density at radius 2 is 2.14 bits per heavy atom. The van der Waals surface area contributed by atoms with Crippen LogP contribution in [0.2, 0.25) is 0 Å². The lowest BCUT2D eigenvalue weighted by Crippen LogP contribution is -2.27. The highest BCUT2D eigenvalue weighted by Gasteiger charge is 2.00. The van der Waals surface area contributed by atoms with Crippen molar-refractivity contribution in [3.05, 3.63) is 24.6 Å². The first-order valence-corrected chi connectivity index (χ1v) is 5.75. The molecule has 3 heteroatoms. The summed E-state index contributed by atoms with van der Waals surface area (Å²) in [5.74, 6) is 0.611. The van der Waals surface area contributed by atoms with Crippen molar-refractivity contribution in [3.63, 3.8) is 0 Å². The molecule has 0 saturated carbocycles. The summed E-state index contributed by atoms with van der Waals surface area (Å²) in [6, 6.07) is 0. The standard InChI is InChI=1S/C11H20N2S/c1-5-7-13-11(14-6-2)9-12-8-10(3)4/h5-6,9-11,13H,1-2,7-8H2,3-4H3/b12-9-/t11-/m0/s1. The highest BCUT2D eigenvalue weighted by Crippen LogP contribution is 2.06. The molecule has 0 fully saturated rings. The molecule has 0 radical (unpaired) electrons. The molecule has 2 nitrogen and oxygen atoms in total. The van der Waals surface area contributed by atoms with Crippen LogP contribution in [-0.4, -0.2) is 24.7 Å². The normalized spacial score (nSPS) is 13.4. The maximum absolute atomic E-state index is 4.35. The highest BCUT2D eigenvalue weighted by atomic mass is 32.2. The van der Waals surface area contributed by atoms with Crippen LogP contribution in [0.15, 0.2) is 29.6 Å². The van der Waals surface area contributed by atoms with Crippen LogP contribution in [0.4, 0.5) is 0 Å². The Morgan fingerprint density at radius 1 is 1.43 bits per heavy atom. The van der Waals surface area contributed by atoms with Gasteiger partial charge in [0.1, 0.15) is 0 Å². The van der Waals surface area contributed by atoms with E-state index in [9.17, 15) is 0 Å². The van der Waals surface area contributed by atoms with Crippen LogP contribution >= 0.6 is 11.8 Å². The molecule has 0 unspecified atom stereocenters. The Kier molecular flexibility index (Phi) is 8.68. The highest BCUT2D eigenvalue weighted by molar-refractivity contribution is 8.03. The number of aliphatic imine (C=N–C) groups is 1. The molecule has 0 amide bonds. The monoisotopic (exact) mass is 212 g/mol. The van der Waals surface area contributed by atoms with Crippen molar-refractivity contribution in [2.24, 2.45) is 10.9 Å². The third-order valence-corrected chi connectivity index (χ3v) is 2.19. The molecule has 0 aliphatic heterocycles. The molecule has 14 heavy (non-hydrogen) atoms. The smallest absolute Gasteiger partial charge is 0.0930 e. The molecule has 0 aliphatic rings. The first kappa shape index (κ1) is 13.5. The summed E-state index contributed by atoms with van der Waals surface area (Å²) in [6.07, 6.45) is 3.78. The molecule has 0 rings (SSSR count). The quantitative estimate of drug-likeness (QED) is 0.380. The summed E-state index contributed by atoms with van der Waals surface area (Å²) < 4.78 is 0. The van der Waals surface area contributed by atoms with Crippen molar-refractivity contribution in [2.75, 3.05) is 13.1 Å². The summed E-state index contributed by atoms with van der Waals surface area (Å²) in [5.41, 5.74) is 0. The number of nitrogens with zero attached hydrogens (tertiary/aromatic N) is 1. The predicted molar refractivity (Wildman–Crippen MR) is 68.0 cm³/mol. The van der Waals surface area contributed by atoms with Gasteiger partial charge < -0.3 is 0 Å². The van der Waals surface area contributed by atoms with Gasteiger partial charge in [0.05, 0.1) is 5.37 Å². The number of hydrogen-bond acceptors (Lipinski definition) is 3. The Bertz CT molecular complexity index is 188. The SMILES string of the molecule is C=CCN[C@H](/C=N\CC(C)C)SC=C. The van der Waals surface area contributed by atoms with Crippen molar-refractivity contribution >= 4 is 18.0 Å². The van der Waals surface area contributed by atoms with Crippen molar-refractivity contribution in [2.45, 2.75) is 19.2 Å². The lowest BCUT2D eigenvalue weighted by atomic mass is 10.2. The van der Waals surface area contributed by atoms with Crippen LogP contribution in [0.1, 0.15) is 13.8 Å². The van der Waals surface area contributed by atoms with Crippen LogP contribution in [0, 0.1) is 5.92 Å². The number of nitrogens with one attached hydrogen (secondary N) is 1. The van der Waals surface area contributed by atoms with E-state index < -0.39 is 0 Å². The van der Waals surface area contributed by atoms with Crippen LogP contribution in [-0.2, 0) is 0 Å². The molecule has 1 N–H and O–H groups in total. The molecular formula is C11H20N2S. The number of hydrogen-bond donors (Lipinski definition) is 1. The Morgan fingerprint density at radius 3 is 2.64 bits per heavy atom.